The summed E-state index contributed by atoms with van der Waals surface area (Å²) in [5.74, 6) is 1.01. The molecule has 1 aromatic carbocycles. The SMILES string of the molecule is CC(C)OCc1ccccc1C1=NCCCN1. The highest BCUT2D eigenvalue weighted by Gasteiger charge is 2.11. The lowest BCUT2D eigenvalue weighted by molar-refractivity contribution is 0.0656. The number of ether oxygens (including phenoxy) is 1. The molecule has 0 atom stereocenters. The van der Waals surface area contributed by atoms with E-state index in [0.717, 1.165) is 25.3 Å². The highest BCUT2D eigenvalue weighted by atomic mass is 16.5. The number of hydrogen-bond donors (Lipinski definition) is 1. The summed E-state index contributed by atoms with van der Waals surface area (Å²) in [6, 6.07) is 8.31. The highest BCUT2D eigenvalue weighted by Crippen LogP contribution is 2.13. The van der Waals surface area contributed by atoms with Crippen molar-refractivity contribution in [2.45, 2.75) is 33.0 Å². The van der Waals surface area contributed by atoms with Crippen molar-refractivity contribution in [2.24, 2.45) is 4.99 Å². The van der Waals surface area contributed by atoms with Gasteiger partial charge in [0.25, 0.3) is 0 Å². The summed E-state index contributed by atoms with van der Waals surface area (Å²) in [5, 5.41) is 3.36. The number of nitrogens with zero attached hydrogens (tertiary/aromatic N) is 1. The van der Waals surface area contributed by atoms with E-state index in [-0.39, 0.29) is 6.10 Å². The van der Waals surface area contributed by atoms with Crippen LogP contribution in [0, 0.1) is 0 Å². The van der Waals surface area contributed by atoms with Crippen LogP contribution in [0.25, 0.3) is 0 Å². The standard InChI is InChI=1S/C14H20N2O/c1-11(2)17-10-12-6-3-4-7-13(12)14-15-8-5-9-16-14/h3-4,6-7,11H,5,8-10H2,1-2H3,(H,15,16). The Hall–Kier alpha value is -1.35. The zero-order chi connectivity index (χ0) is 12.1. The first kappa shape index (κ1) is 12.1. The monoisotopic (exact) mass is 232 g/mol. The third-order valence-electron chi connectivity index (χ3n) is 2.74. The van der Waals surface area contributed by atoms with Gasteiger partial charge in [0, 0.05) is 18.7 Å². The van der Waals surface area contributed by atoms with Crippen LogP contribution in [0.2, 0.25) is 0 Å². The molecular formula is C14H20N2O. The lowest BCUT2D eigenvalue weighted by Gasteiger charge is -2.18. The summed E-state index contributed by atoms with van der Waals surface area (Å²) in [6.07, 6.45) is 1.37. The van der Waals surface area contributed by atoms with Crippen LogP contribution in [0.3, 0.4) is 0 Å². The molecule has 0 spiro atoms. The van der Waals surface area contributed by atoms with E-state index in [4.69, 9.17) is 4.74 Å². The quantitative estimate of drug-likeness (QED) is 0.864. The molecule has 0 saturated carbocycles. The largest absolute Gasteiger partial charge is 0.374 e. The van der Waals surface area contributed by atoms with E-state index in [1.807, 2.05) is 12.1 Å². The lowest BCUT2D eigenvalue weighted by atomic mass is 10.1. The molecule has 1 aromatic rings. The molecule has 1 N–H and O–H groups in total. The second kappa shape index (κ2) is 5.82. The van der Waals surface area contributed by atoms with Gasteiger partial charge in [0.1, 0.15) is 5.84 Å². The molecule has 3 heteroatoms. The predicted octanol–water partition coefficient (Wildman–Crippen LogP) is 2.35. The Morgan fingerprint density at radius 2 is 2.18 bits per heavy atom. The minimum atomic E-state index is 0.254. The molecule has 0 fully saturated rings. The topological polar surface area (TPSA) is 33.6 Å². The molecule has 17 heavy (non-hydrogen) atoms. The summed E-state index contributed by atoms with van der Waals surface area (Å²) >= 11 is 0. The van der Waals surface area contributed by atoms with Crippen LogP contribution in [0.15, 0.2) is 29.3 Å². The molecule has 3 nitrogen and oxygen atoms in total. The molecule has 1 aliphatic rings. The van der Waals surface area contributed by atoms with E-state index in [1.54, 1.807) is 0 Å². The van der Waals surface area contributed by atoms with Crippen LogP contribution in [-0.4, -0.2) is 25.0 Å². The Morgan fingerprint density at radius 1 is 1.35 bits per heavy atom. The van der Waals surface area contributed by atoms with Gasteiger partial charge >= 0.3 is 0 Å². The van der Waals surface area contributed by atoms with Crippen LogP contribution in [0.4, 0.5) is 0 Å². The first-order valence-electron chi connectivity index (χ1n) is 6.25. The number of benzene rings is 1. The van der Waals surface area contributed by atoms with Crippen molar-refractivity contribution in [3.8, 4) is 0 Å². The van der Waals surface area contributed by atoms with Gasteiger partial charge < -0.3 is 10.1 Å². The maximum atomic E-state index is 5.68. The zero-order valence-electron chi connectivity index (χ0n) is 10.6. The first-order valence-corrected chi connectivity index (χ1v) is 6.25. The molecule has 0 aliphatic carbocycles. The molecule has 0 amide bonds. The first-order chi connectivity index (χ1) is 8.27. The maximum absolute atomic E-state index is 5.68. The molecule has 0 radical (unpaired) electrons. The molecule has 2 rings (SSSR count). The fourth-order valence-electron chi connectivity index (χ4n) is 1.85. The van der Waals surface area contributed by atoms with Crippen LogP contribution < -0.4 is 5.32 Å². The van der Waals surface area contributed by atoms with Gasteiger partial charge in [-0.25, -0.2) is 0 Å². The second-order valence-electron chi connectivity index (χ2n) is 4.53. The van der Waals surface area contributed by atoms with E-state index in [2.05, 4.69) is 36.3 Å². The molecule has 1 heterocycles. The van der Waals surface area contributed by atoms with Gasteiger partial charge in [-0.15, -0.1) is 0 Å². The number of amidine groups is 1. The van der Waals surface area contributed by atoms with E-state index >= 15 is 0 Å². The van der Waals surface area contributed by atoms with Crippen molar-refractivity contribution < 1.29 is 4.74 Å². The van der Waals surface area contributed by atoms with Gasteiger partial charge in [-0.05, 0) is 25.8 Å². The van der Waals surface area contributed by atoms with Gasteiger partial charge in [0.15, 0.2) is 0 Å². The van der Waals surface area contributed by atoms with Crippen LogP contribution in [0.5, 0.6) is 0 Å². The lowest BCUT2D eigenvalue weighted by Crippen LogP contribution is -2.31. The molecule has 0 unspecified atom stereocenters. The van der Waals surface area contributed by atoms with Gasteiger partial charge in [-0.1, -0.05) is 24.3 Å². The summed E-state index contributed by atoms with van der Waals surface area (Å²) in [4.78, 5) is 4.54. The number of nitrogens with one attached hydrogen (secondary N) is 1. The van der Waals surface area contributed by atoms with Crippen LogP contribution in [-0.2, 0) is 11.3 Å². The molecular weight excluding hydrogens is 212 g/mol. The smallest absolute Gasteiger partial charge is 0.128 e. The molecule has 0 saturated heterocycles. The average Bonchev–Trinajstić information content (AvgIpc) is 2.38. The van der Waals surface area contributed by atoms with Crippen molar-refractivity contribution >= 4 is 5.84 Å². The minimum Gasteiger partial charge on any atom is -0.374 e. The minimum absolute atomic E-state index is 0.254. The number of rotatable bonds is 4. The van der Waals surface area contributed by atoms with E-state index < -0.39 is 0 Å². The Labute approximate surface area is 103 Å². The van der Waals surface area contributed by atoms with Crippen molar-refractivity contribution in [3.63, 3.8) is 0 Å². The summed E-state index contributed by atoms with van der Waals surface area (Å²) in [7, 11) is 0. The fraction of sp³-hybridized carbons (Fsp3) is 0.500. The van der Waals surface area contributed by atoms with Gasteiger partial charge in [0.2, 0.25) is 0 Å². The second-order valence-corrected chi connectivity index (χ2v) is 4.53. The Balaban J connectivity index is 2.17. The summed E-state index contributed by atoms with van der Waals surface area (Å²) < 4.78 is 5.68. The van der Waals surface area contributed by atoms with E-state index in [0.29, 0.717) is 6.61 Å². The maximum Gasteiger partial charge on any atom is 0.128 e. The molecule has 92 valence electrons. The Kier molecular flexibility index (Phi) is 4.15. The predicted molar refractivity (Wildman–Crippen MR) is 70.4 cm³/mol. The van der Waals surface area contributed by atoms with Crippen LogP contribution in [0.1, 0.15) is 31.4 Å². The van der Waals surface area contributed by atoms with E-state index in [1.165, 1.54) is 11.1 Å². The molecule has 0 bridgehead atoms. The van der Waals surface area contributed by atoms with Gasteiger partial charge in [-0.2, -0.15) is 0 Å². The molecule has 0 aromatic heterocycles. The van der Waals surface area contributed by atoms with Crippen LogP contribution >= 0.6 is 0 Å². The Bertz CT molecular complexity index is 399. The highest BCUT2D eigenvalue weighted by molar-refractivity contribution is 6.00. The molecule has 1 aliphatic heterocycles. The van der Waals surface area contributed by atoms with E-state index in [9.17, 15) is 0 Å². The number of hydrogen-bond acceptors (Lipinski definition) is 3. The zero-order valence-corrected chi connectivity index (χ0v) is 10.6. The fourth-order valence-corrected chi connectivity index (χ4v) is 1.85. The third kappa shape index (κ3) is 3.30. The average molecular weight is 232 g/mol. The van der Waals surface area contributed by atoms with Crippen molar-refractivity contribution in [1.82, 2.24) is 5.32 Å². The van der Waals surface area contributed by atoms with Crippen molar-refractivity contribution in [3.05, 3.63) is 35.4 Å². The van der Waals surface area contributed by atoms with Gasteiger partial charge in [-0.3, -0.25) is 4.99 Å². The van der Waals surface area contributed by atoms with Crippen molar-refractivity contribution in [2.75, 3.05) is 13.1 Å². The third-order valence-corrected chi connectivity index (χ3v) is 2.74. The normalized spacial score (nSPS) is 15.6. The van der Waals surface area contributed by atoms with Gasteiger partial charge in [0.05, 0.1) is 12.7 Å². The number of aliphatic imine (C=N–C) groups is 1. The Morgan fingerprint density at radius 3 is 2.88 bits per heavy atom. The summed E-state index contributed by atoms with van der Waals surface area (Å²) in [6.45, 7) is 6.69. The summed E-state index contributed by atoms with van der Waals surface area (Å²) in [5.41, 5.74) is 2.38. The van der Waals surface area contributed by atoms with Crippen molar-refractivity contribution in [1.29, 1.82) is 0 Å².